The summed E-state index contributed by atoms with van der Waals surface area (Å²) >= 11 is 0. The van der Waals surface area contributed by atoms with Crippen molar-refractivity contribution >= 4 is 15.7 Å². The molecule has 0 aliphatic carbocycles. The molecule has 148 valence electrons. The number of nitrogens with zero attached hydrogens (tertiary/aromatic N) is 1. The molecule has 2 aromatic heterocycles. The fourth-order valence-corrected chi connectivity index (χ4v) is 4.08. The van der Waals surface area contributed by atoms with E-state index < -0.39 is 9.84 Å². The molecule has 1 aliphatic rings. The second-order valence-electron chi connectivity index (χ2n) is 6.22. The molecule has 0 amide bonds. The number of rotatable bonds is 7. The van der Waals surface area contributed by atoms with E-state index in [2.05, 4.69) is 10.3 Å². The molecule has 1 N–H and O–H groups in total. The minimum Gasteiger partial charge on any atom is -0.486 e. The summed E-state index contributed by atoms with van der Waals surface area (Å²) in [5.41, 5.74) is 0. The van der Waals surface area contributed by atoms with Crippen LogP contribution in [0.4, 0.5) is 5.88 Å². The Morgan fingerprint density at radius 3 is 2.71 bits per heavy atom. The summed E-state index contributed by atoms with van der Waals surface area (Å²) in [5, 5.41) is 2.84. The first-order chi connectivity index (χ1) is 13.6. The molecule has 9 heteroatoms. The first-order valence-electron chi connectivity index (χ1n) is 9.03. The first-order valence-corrected chi connectivity index (χ1v) is 10.5. The van der Waals surface area contributed by atoms with E-state index in [1.54, 1.807) is 18.2 Å². The van der Waals surface area contributed by atoms with Gasteiger partial charge in [-0.25, -0.2) is 8.42 Å². The number of fused-ring (bicyclic) bond motifs is 1. The van der Waals surface area contributed by atoms with Gasteiger partial charge in [0, 0.05) is 12.6 Å². The highest BCUT2D eigenvalue weighted by atomic mass is 32.2. The molecular formula is C19H20N2O6S. The highest BCUT2D eigenvalue weighted by molar-refractivity contribution is 7.91. The quantitative estimate of drug-likeness (QED) is 0.594. The van der Waals surface area contributed by atoms with Crippen molar-refractivity contribution < 1.29 is 26.7 Å². The van der Waals surface area contributed by atoms with Gasteiger partial charge in [0.15, 0.2) is 17.3 Å². The molecule has 4 rings (SSSR count). The fourth-order valence-electron chi connectivity index (χ4n) is 2.79. The molecule has 0 unspecified atom stereocenters. The van der Waals surface area contributed by atoms with Gasteiger partial charge < -0.3 is 23.6 Å². The van der Waals surface area contributed by atoms with Crippen LogP contribution in [-0.2, 0) is 9.84 Å². The molecule has 3 heterocycles. The number of anilines is 1. The number of ether oxygens (including phenoxy) is 2. The zero-order chi connectivity index (χ0) is 19.6. The Morgan fingerprint density at radius 1 is 1.14 bits per heavy atom. The normalized spacial score (nSPS) is 13.5. The van der Waals surface area contributed by atoms with Gasteiger partial charge in [0.1, 0.15) is 13.2 Å². The predicted molar refractivity (Wildman–Crippen MR) is 100 cm³/mol. The van der Waals surface area contributed by atoms with Crippen LogP contribution in [-0.4, -0.2) is 33.2 Å². The van der Waals surface area contributed by atoms with Crippen molar-refractivity contribution in [2.45, 2.75) is 29.7 Å². The Bertz CT molecular complexity index is 1060. The molecule has 0 saturated heterocycles. The van der Waals surface area contributed by atoms with Crippen LogP contribution in [0.3, 0.4) is 0 Å². The van der Waals surface area contributed by atoms with Gasteiger partial charge in [0.05, 0.1) is 11.2 Å². The lowest BCUT2D eigenvalue weighted by molar-refractivity contribution is 0.171. The molecule has 0 spiro atoms. The second-order valence-corrected chi connectivity index (χ2v) is 8.08. The number of hydrogen-bond acceptors (Lipinski definition) is 8. The SMILES string of the molecule is CCCCNc1oc(-c2ccco2)nc1S(=O)(=O)c1ccc2c(c1)OCCO2. The van der Waals surface area contributed by atoms with E-state index in [-0.39, 0.29) is 21.7 Å². The molecule has 8 nitrogen and oxygen atoms in total. The van der Waals surface area contributed by atoms with Crippen molar-refractivity contribution in [3.8, 4) is 23.1 Å². The van der Waals surface area contributed by atoms with Crippen molar-refractivity contribution in [1.82, 2.24) is 4.98 Å². The summed E-state index contributed by atoms with van der Waals surface area (Å²) in [6.45, 7) is 3.41. The molecule has 0 saturated carbocycles. The van der Waals surface area contributed by atoms with Gasteiger partial charge >= 0.3 is 0 Å². The largest absolute Gasteiger partial charge is 0.486 e. The van der Waals surface area contributed by atoms with Crippen LogP contribution in [0.5, 0.6) is 11.5 Å². The van der Waals surface area contributed by atoms with E-state index in [0.717, 1.165) is 12.8 Å². The number of furan rings is 1. The van der Waals surface area contributed by atoms with E-state index in [1.165, 1.54) is 18.4 Å². The molecule has 28 heavy (non-hydrogen) atoms. The Labute approximate surface area is 162 Å². The molecule has 3 aromatic rings. The number of benzene rings is 1. The lowest BCUT2D eigenvalue weighted by atomic mass is 10.3. The number of nitrogens with one attached hydrogen (secondary N) is 1. The average molecular weight is 404 g/mol. The number of unbranched alkanes of at least 4 members (excludes halogenated alkanes) is 1. The highest BCUT2D eigenvalue weighted by Crippen LogP contribution is 2.37. The smallest absolute Gasteiger partial charge is 0.266 e. The van der Waals surface area contributed by atoms with Gasteiger partial charge in [-0.05, 0) is 30.7 Å². The fraction of sp³-hybridized carbons (Fsp3) is 0.316. The molecule has 0 fully saturated rings. The number of sulfone groups is 1. The van der Waals surface area contributed by atoms with Gasteiger partial charge in [-0.1, -0.05) is 13.3 Å². The first kappa shape index (κ1) is 18.4. The lowest BCUT2D eigenvalue weighted by Gasteiger charge is -2.18. The van der Waals surface area contributed by atoms with E-state index in [1.807, 2.05) is 6.92 Å². The molecule has 1 aliphatic heterocycles. The molecule has 1 aromatic carbocycles. The van der Waals surface area contributed by atoms with E-state index in [4.69, 9.17) is 18.3 Å². The summed E-state index contributed by atoms with van der Waals surface area (Å²) < 4.78 is 48.5. The topological polar surface area (TPSA) is 104 Å². The Kier molecular flexibility index (Phi) is 4.99. The van der Waals surface area contributed by atoms with Crippen LogP contribution in [0.2, 0.25) is 0 Å². The van der Waals surface area contributed by atoms with Crippen molar-refractivity contribution in [3.63, 3.8) is 0 Å². The Morgan fingerprint density at radius 2 is 1.96 bits per heavy atom. The predicted octanol–water partition coefficient (Wildman–Crippen LogP) is 3.75. The van der Waals surface area contributed by atoms with Gasteiger partial charge in [-0.3, -0.25) is 0 Å². The molecule has 0 bridgehead atoms. The maximum atomic E-state index is 13.3. The standard InChI is InChI=1S/C19H20N2O6S/c1-2-3-8-20-18-19(21-17(27-18)15-5-4-9-24-15)28(22,23)13-6-7-14-16(12-13)26-11-10-25-14/h4-7,9,12,20H,2-3,8,10-11H2,1H3. The van der Waals surface area contributed by atoms with Crippen molar-refractivity contribution in [1.29, 1.82) is 0 Å². The number of aromatic nitrogens is 1. The van der Waals surface area contributed by atoms with E-state index in [9.17, 15) is 8.42 Å². The summed E-state index contributed by atoms with van der Waals surface area (Å²) in [4.78, 5) is 4.26. The summed E-state index contributed by atoms with van der Waals surface area (Å²) in [6.07, 6.45) is 3.29. The zero-order valence-corrected chi connectivity index (χ0v) is 16.1. The van der Waals surface area contributed by atoms with Crippen molar-refractivity contribution in [2.24, 2.45) is 0 Å². The van der Waals surface area contributed by atoms with Crippen LogP contribution < -0.4 is 14.8 Å². The summed E-state index contributed by atoms with van der Waals surface area (Å²) in [7, 11) is -3.96. The van der Waals surface area contributed by atoms with Crippen LogP contribution in [0.25, 0.3) is 11.7 Å². The minimum atomic E-state index is -3.96. The number of hydrogen-bond donors (Lipinski definition) is 1. The third kappa shape index (κ3) is 3.45. The van der Waals surface area contributed by atoms with Gasteiger partial charge in [0.2, 0.25) is 20.7 Å². The van der Waals surface area contributed by atoms with Gasteiger partial charge in [0.25, 0.3) is 5.89 Å². The number of oxazole rings is 1. The zero-order valence-electron chi connectivity index (χ0n) is 15.3. The summed E-state index contributed by atoms with van der Waals surface area (Å²) in [6, 6.07) is 7.83. The Balaban J connectivity index is 1.75. The van der Waals surface area contributed by atoms with Crippen molar-refractivity contribution in [3.05, 3.63) is 36.6 Å². The van der Waals surface area contributed by atoms with Crippen LogP contribution >= 0.6 is 0 Å². The molecule has 0 atom stereocenters. The van der Waals surface area contributed by atoms with Crippen LogP contribution in [0.1, 0.15) is 19.8 Å². The van der Waals surface area contributed by atoms with Gasteiger partial charge in [-0.15, -0.1) is 0 Å². The molecule has 0 radical (unpaired) electrons. The van der Waals surface area contributed by atoms with E-state index >= 15 is 0 Å². The maximum absolute atomic E-state index is 13.3. The lowest BCUT2D eigenvalue weighted by Crippen LogP contribution is -2.16. The van der Waals surface area contributed by atoms with Crippen molar-refractivity contribution in [2.75, 3.05) is 25.1 Å². The minimum absolute atomic E-state index is 0.0505. The van der Waals surface area contributed by atoms with Crippen LogP contribution in [0, 0.1) is 0 Å². The third-order valence-corrected chi connectivity index (χ3v) is 5.88. The van der Waals surface area contributed by atoms with E-state index in [0.29, 0.717) is 37.0 Å². The molecular weight excluding hydrogens is 384 g/mol. The van der Waals surface area contributed by atoms with Gasteiger partial charge in [-0.2, -0.15) is 4.98 Å². The van der Waals surface area contributed by atoms with Crippen LogP contribution in [0.15, 0.2) is 55.4 Å². The maximum Gasteiger partial charge on any atom is 0.266 e. The Hall–Kier alpha value is -2.94. The third-order valence-electron chi connectivity index (χ3n) is 4.22. The monoisotopic (exact) mass is 404 g/mol. The average Bonchev–Trinajstić information content (AvgIpc) is 3.38. The second kappa shape index (κ2) is 7.59. The summed E-state index contributed by atoms with van der Waals surface area (Å²) in [5.74, 6) is 1.45. The highest BCUT2D eigenvalue weighted by Gasteiger charge is 2.30.